The molecule has 2 atom stereocenters. The van der Waals surface area contributed by atoms with Crippen LogP contribution in [-0.2, 0) is 0 Å². The standard InChI is InChI=1S/C10H18N4/c1-7(2)14-6-12-13-10(14)8-3-4-9(11)5-8/h6-9H,3-5,11H2,1-2H3. The normalized spacial score (nSPS) is 27.4. The Morgan fingerprint density at radius 1 is 1.50 bits per heavy atom. The Bertz CT molecular complexity index is 305. The monoisotopic (exact) mass is 194 g/mol. The largest absolute Gasteiger partial charge is 0.328 e. The molecule has 0 bridgehead atoms. The van der Waals surface area contributed by atoms with Gasteiger partial charge in [-0.1, -0.05) is 0 Å². The lowest BCUT2D eigenvalue weighted by Gasteiger charge is -2.14. The third kappa shape index (κ3) is 1.66. The van der Waals surface area contributed by atoms with E-state index in [1.54, 1.807) is 0 Å². The van der Waals surface area contributed by atoms with Crippen molar-refractivity contribution in [2.45, 2.75) is 51.1 Å². The molecule has 1 saturated carbocycles. The summed E-state index contributed by atoms with van der Waals surface area (Å²) in [7, 11) is 0. The lowest BCUT2D eigenvalue weighted by molar-refractivity contribution is 0.525. The summed E-state index contributed by atoms with van der Waals surface area (Å²) in [6.45, 7) is 4.31. The maximum absolute atomic E-state index is 5.90. The second-order valence-electron chi connectivity index (χ2n) is 4.46. The van der Waals surface area contributed by atoms with Crippen LogP contribution in [0.5, 0.6) is 0 Å². The molecule has 2 rings (SSSR count). The number of hydrogen-bond acceptors (Lipinski definition) is 3. The summed E-state index contributed by atoms with van der Waals surface area (Å²) in [4.78, 5) is 0. The summed E-state index contributed by atoms with van der Waals surface area (Å²) in [5, 5.41) is 8.20. The maximum atomic E-state index is 5.90. The van der Waals surface area contributed by atoms with Crippen LogP contribution in [0.2, 0.25) is 0 Å². The molecular weight excluding hydrogens is 176 g/mol. The molecule has 1 heterocycles. The molecule has 0 radical (unpaired) electrons. The van der Waals surface area contributed by atoms with Crippen LogP contribution in [0.15, 0.2) is 6.33 Å². The number of hydrogen-bond donors (Lipinski definition) is 1. The van der Waals surface area contributed by atoms with E-state index in [0.717, 1.165) is 25.1 Å². The number of nitrogens with two attached hydrogens (primary N) is 1. The zero-order valence-corrected chi connectivity index (χ0v) is 8.85. The molecule has 78 valence electrons. The van der Waals surface area contributed by atoms with Gasteiger partial charge in [0, 0.05) is 18.0 Å². The van der Waals surface area contributed by atoms with Gasteiger partial charge >= 0.3 is 0 Å². The van der Waals surface area contributed by atoms with E-state index in [-0.39, 0.29) is 0 Å². The fourth-order valence-electron chi connectivity index (χ4n) is 2.19. The van der Waals surface area contributed by atoms with Crippen LogP contribution in [0.1, 0.15) is 50.9 Å². The van der Waals surface area contributed by atoms with Crippen LogP contribution in [0.4, 0.5) is 0 Å². The van der Waals surface area contributed by atoms with Gasteiger partial charge in [-0.15, -0.1) is 10.2 Å². The van der Waals surface area contributed by atoms with E-state index in [9.17, 15) is 0 Å². The van der Waals surface area contributed by atoms with Crippen LogP contribution >= 0.6 is 0 Å². The van der Waals surface area contributed by atoms with E-state index in [1.165, 1.54) is 0 Å². The lowest BCUT2D eigenvalue weighted by Crippen LogP contribution is -2.15. The molecule has 1 aromatic rings. The van der Waals surface area contributed by atoms with Crippen molar-refractivity contribution in [2.75, 3.05) is 0 Å². The maximum Gasteiger partial charge on any atom is 0.136 e. The van der Waals surface area contributed by atoms with E-state index in [1.807, 2.05) is 6.33 Å². The minimum atomic E-state index is 0.359. The molecule has 0 saturated heterocycles. The molecule has 0 amide bonds. The van der Waals surface area contributed by atoms with Crippen LogP contribution < -0.4 is 5.73 Å². The summed E-state index contributed by atoms with van der Waals surface area (Å²) in [5.41, 5.74) is 5.90. The van der Waals surface area contributed by atoms with Gasteiger partial charge in [0.25, 0.3) is 0 Å². The minimum Gasteiger partial charge on any atom is -0.328 e. The predicted octanol–water partition coefficient (Wildman–Crippen LogP) is 1.45. The summed E-state index contributed by atoms with van der Waals surface area (Å²) in [6.07, 6.45) is 5.16. The molecule has 1 aromatic heterocycles. The van der Waals surface area contributed by atoms with Gasteiger partial charge in [-0.05, 0) is 33.1 Å². The van der Waals surface area contributed by atoms with Gasteiger partial charge in [-0.3, -0.25) is 0 Å². The zero-order valence-electron chi connectivity index (χ0n) is 8.85. The first kappa shape index (κ1) is 9.65. The van der Waals surface area contributed by atoms with E-state index in [4.69, 9.17) is 5.73 Å². The fourth-order valence-corrected chi connectivity index (χ4v) is 2.19. The van der Waals surface area contributed by atoms with Gasteiger partial charge in [-0.25, -0.2) is 0 Å². The third-order valence-electron chi connectivity index (χ3n) is 3.00. The summed E-state index contributed by atoms with van der Waals surface area (Å²) in [5.74, 6) is 1.64. The molecule has 0 aromatic carbocycles. The zero-order chi connectivity index (χ0) is 10.1. The highest BCUT2D eigenvalue weighted by atomic mass is 15.3. The molecule has 0 spiro atoms. The molecule has 1 aliphatic rings. The number of rotatable bonds is 2. The van der Waals surface area contributed by atoms with Crippen molar-refractivity contribution >= 4 is 0 Å². The molecule has 14 heavy (non-hydrogen) atoms. The summed E-state index contributed by atoms with van der Waals surface area (Å²) in [6, 6.07) is 0.800. The molecule has 2 N–H and O–H groups in total. The van der Waals surface area contributed by atoms with Crippen LogP contribution in [0.25, 0.3) is 0 Å². The highest BCUT2D eigenvalue weighted by Crippen LogP contribution is 2.33. The fraction of sp³-hybridized carbons (Fsp3) is 0.800. The summed E-state index contributed by atoms with van der Waals surface area (Å²) < 4.78 is 2.16. The third-order valence-corrected chi connectivity index (χ3v) is 3.00. The van der Waals surface area contributed by atoms with Crippen LogP contribution in [0, 0.1) is 0 Å². The van der Waals surface area contributed by atoms with E-state index in [0.29, 0.717) is 18.0 Å². The van der Waals surface area contributed by atoms with Crippen molar-refractivity contribution in [2.24, 2.45) is 5.73 Å². The molecule has 1 fully saturated rings. The Labute approximate surface area is 84.5 Å². The molecular formula is C10H18N4. The average molecular weight is 194 g/mol. The van der Waals surface area contributed by atoms with Gasteiger partial charge in [0.2, 0.25) is 0 Å². The Kier molecular flexibility index (Phi) is 2.54. The van der Waals surface area contributed by atoms with Gasteiger partial charge in [0.05, 0.1) is 0 Å². The SMILES string of the molecule is CC(C)n1cnnc1C1CCC(N)C1. The minimum absolute atomic E-state index is 0.359. The predicted molar refractivity (Wildman–Crippen MR) is 55.0 cm³/mol. The topological polar surface area (TPSA) is 56.7 Å². The van der Waals surface area contributed by atoms with E-state index >= 15 is 0 Å². The first-order valence-corrected chi connectivity index (χ1v) is 5.33. The van der Waals surface area contributed by atoms with Gasteiger partial charge < -0.3 is 10.3 Å². The van der Waals surface area contributed by atoms with Crippen molar-refractivity contribution in [1.82, 2.24) is 14.8 Å². The second kappa shape index (κ2) is 3.69. The van der Waals surface area contributed by atoms with Crippen LogP contribution in [0.3, 0.4) is 0 Å². The van der Waals surface area contributed by atoms with Crippen molar-refractivity contribution in [3.63, 3.8) is 0 Å². The van der Waals surface area contributed by atoms with Gasteiger partial charge in [-0.2, -0.15) is 0 Å². The number of aromatic nitrogens is 3. The first-order chi connectivity index (χ1) is 6.68. The molecule has 2 unspecified atom stereocenters. The molecule has 1 aliphatic carbocycles. The highest BCUT2D eigenvalue weighted by molar-refractivity contribution is 5.02. The van der Waals surface area contributed by atoms with Crippen molar-refractivity contribution in [3.05, 3.63) is 12.2 Å². The van der Waals surface area contributed by atoms with E-state index < -0.39 is 0 Å². The Hall–Kier alpha value is -0.900. The Morgan fingerprint density at radius 3 is 2.86 bits per heavy atom. The van der Waals surface area contributed by atoms with Crippen molar-refractivity contribution in [1.29, 1.82) is 0 Å². The van der Waals surface area contributed by atoms with Crippen LogP contribution in [-0.4, -0.2) is 20.8 Å². The second-order valence-corrected chi connectivity index (χ2v) is 4.46. The highest BCUT2D eigenvalue weighted by Gasteiger charge is 2.27. The van der Waals surface area contributed by atoms with Gasteiger partial charge in [0.1, 0.15) is 12.2 Å². The summed E-state index contributed by atoms with van der Waals surface area (Å²) >= 11 is 0. The lowest BCUT2D eigenvalue weighted by atomic mass is 10.1. The molecule has 4 nitrogen and oxygen atoms in total. The molecule has 0 aliphatic heterocycles. The number of nitrogens with zero attached hydrogens (tertiary/aromatic N) is 3. The Morgan fingerprint density at radius 2 is 2.29 bits per heavy atom. The van der Waals surface area contributed by atoms with Crippen molar-refractivity contribution in [3.8, 4) is 0 Å². The van der Waals surface area contributed by atoms with E-state index in [2.05, 4.69) is 28.6 Å². The van der Waals surface area contributed by atoms with Crippen molar-refractivity contribution < 1.29 is 0 Å². The first-order valence-electron chi connectivity index (χ1n) is 5.33. The smallest absolute Gasteiger partial charge is 0.136 e. The quantitative estimate of drug-likeness (QED) is 0.775. The van der Waals surface area contributed by atoms with Gasteiger partial charge in [0.15, 0.2) is 0 Å². The Balaban J connectivity index is 2.19. The average Bonchev–Trinajstić information content (AvgIpc) is 2.70. The molecule has 4 heteroatoms.